The van der Waals surface area contributed by atoms with Gasteiger partial charge in [-0.3, -0.25) is 0 Å². The summed E-state index contributed by atoms with van der Waals surface area (Å²) in [7, 11) is 0. The SMILES string of the molecule is CC1CCCC(Nc2ccc(OC(F)F)c(F)c2)CC1. The van der Waals surface area contributed by atoms with Gasteiger partial charge in [-0.2, -0.15) is 8.78 Å². The molecule has 0 aromatic heterocycles. The van der Waals surface area contributed by atoms with Crippen molar-refractivity contribution in [3.8, 4) is 5.75 Å². The number of hydrogen-bond donors (Lipinski definition) is 1. The number of benzene rings is 1. The molecule has 2 atom stereocenters. The molecule has 0 saturated heterocycles. The van der Waals surface area contributed by atoms with E-state index in [4.69, 9.17) is 0 Å². The Bertz CT molecular complexity index is 439. The summed E-state index contributed by atoms with van der Waals surface area (Å²) >= 11 is 0. The van der Waals surface area contributed by atoms with E-state index in [9.17, 15) is 13.2 Å². The molecule has 1 fully saturated rings. The minimum absolute atomic E-state index is 0.321. The Morgan fingerprint density at radius 2 is 2.00 bits per heavy atom. The molecule has 0 spiro atoms. The number of alkyl halides is 2. The summed E-state index contributed by atoms with van der Waals surface area (Å²) in [5.41, 5.74) is 0.615. The average molecular weight is 287 g/mol. The third-order valence-corrected chi connectivity index (χ3v) is 3.78. The van der Waals surface area contributed by atoms with E-state index in [1.165, 1.54) is 18.6 Å². The first-order valence-electron chi connectivity index (χ1n) is 7.05. The molecular formula is C15H20F3NO. The van der Waals surface area contributed by atoms with Crippen LogP contribution in [0.2, 0.25) is 0 Å². The van der Waals surface area contributed by atoms with Crippen molar-refractivity contribution in [2.75, 3.05) is 5.32 Å². The first-order chi connectivity index (χ1) is 9.54. The van der Waals surface area contributed by atoms with Gasteiger partial charge in [-0.05, 0) is 37.3 Å². The molecule has 1 N–H and O–H groups in total. The van der Waals surface area contributed by atoms with Crippen molar-refractivity contribution in [2.24, 2.45) is 5.92 Å². The molecule has 1 aromatic carbocycles. The molecule has 20 heavy (non-hydrogen) atoms. The van der Waals surface area contributed by atoms with Crippen LogP contribution in [0, 0.1) is 11.7 Å². The van der Waals surface area contributed by atoms with Crippen molar-refractivity contribution in [1.29, 1.82) is 0 Å². The zero-order valence-corrected chi connectivity index (χ0v) is 11.5. The lowest BCUT2D eigenvalue weighted by molar-refractivity contribution is -0.0521. The molecule has 112 valence electrons. The van der Waals surface area contributed by atoms with Gasteiger partial charge in [0.2, 0.25) is 0 Å². The van der Waals surface area contributed by atoms with Crippen molar-refractivity contribution in [3.63, 3.8) is 0 Å². The maximum atomic E-state index is 13.6. The lowest BCUT2D eigenvalue weighted by atomic mass is 10.0. The van der Waals surface area contributed by atoms with E-state index in [1.807, 2.05) is 0 Å². The van der Waals surface area contributed by atoms with Crippen molar-refractivity contribution in [2.45, 2.75) is 51.7 Å². The third-order valence-electron chi connectivity index (χ3n) is 3.78. The summed E-state index contributed by atoms with van der Waals surface area (Å²) in [6.07, 6.45) is 5.66. The summed E-state index contributed by atoms with van der Waals surface area (Å²) in [6.45, 7) is -0.759. The minimum atomic E-state index is -3.01. The monoisotopic (exact) mass is 287 g/mol. The second-order valence-electron chi connectivity index (χ2n) is 5.48. The normalized spacial score (nSPS) is 23.4. The van der Waals surface area contributed by atoms with Crippen LogP contribution < -0.4 is 10.1 Å². The first kappa shape index (κ1) is 15.0. The summed E-state index contributed by atoms with van der Waals surface area (Å²) in [6, 6.07) is 4.35. The molecule has 1 aliphatic rings. The van der Waals surface area contributed by atoms with Crippen molar-refractivity contribution in [1.82, 2.24) is 0 Å². The number of ether oxygens (including phenoxy) is 1. The molecule has 2 nitrogen and oxygen atoms in total. The second kappa shape index (κ2) is 6.86. The Morgan fingerprint density at radius 1 is 1.20 bits per heavy atom. The van der Waals surface area contributed by atoms with Crippen LogP contribution in [-0.2, 0) is 0 Å². The first-order valence-corrected chi connectivity index (χ1v) is 7.05. The van der Waals surface area contributed by atoms with Crippen molar-refractivity contribution < 1.29 is 17.9 Å². The summed E-state index contributed by atoms with van der Waals surface area (Å²) < 4.78 is 41.8. The van der Waals surface area contributed by atoms with Crippen LogP contribution in [0.4, 0.5) is 18.9 Å². The van der Waals surface area contributed by atoms with Crippen molar-refractivity contribution >= 4 is 5.69 Å². The fourth-order valence-corrected chi connectivity index (χ4v) is 2.65. The standard InChI is InChI=1S/C15H20F3NO/c1-10-3-2-4-11(6-5-10)19-12-7-8-14(13(16)9-12)20-15(17)18/h7-11,15,19H,2-6H2,1H3. The zero-order valence-electron chi connectivity index (χ0n) is 11.5. The third kappa shape index (κ3) is 4.32. The van der Waals surface area contributed by atoms with Gasteiger partial charge in [0.25, 0.3) is 0 Å². The molecule has 2 unspecified atom stereocenters. The van der Waals surface area contributed by atoms with Gasteiger partial charge in [-0.1, -0.05) is 19.8 Å². The largest absolute Gasteiger partial charge is 0.432 e. The van der Waals surface area contributed by atoms with Gasteiger partial charge >= 0.3 is 6.61 Å². The molecule has 0 aliphatic heterocycles. The molecule has 0 bridgehead atoms. The quantitative estimate of drug-likeness (QED) is 0.802. The Balaban J connectivity index is 1.97. The van der Waals surface area contributed by atoms with E-state index in [2.05, 4.69) is 17.0 Å². The van der Waals surface area contributed by atoms with E-state index >= 15 is 0 Å². The van der Waals surface area contributed by atoms with Crippen LogP contribution >= 0.6 is 0 Å². The lowest BCUT2D eigenvalue weighted by Crippen LogP contribution is -2.18. The van der Waals surface area contributed by atoms with Gasteiger partial charge in [0.15, 0.2) is 11.6 Å². The molecular weight excluding hydrogens is 267 g/mol. The molecule has 1 aliphatic carbocycles. The predicted octanol–water partition coefficient (Wildman–Crippen LogP) is 4.81. The fourth-order valence-electron chi connectivity index (χ4n) is 2.65. The summed E-state index contributed by atoms with van der Waals surface area (Å²) in [4.78, 5) is 0. The van der Waals surface area contributed by atoms with Crippen LogP contribution in [0.15, 0.2) is 18.2 Å². The highest BCUT2D eigenvalue weighted by molar-refractivity contribution is 5.48. The van der Waals surface area contributed by atoms with E-state index in [0.717, 1.165) is 31.6 Å². The van der Waals surface area contributed by atoms with Crippen LogP contribution in [0.5, 0.6) is 5.75 Å². The highest BCUT2D eigenvalue weighted by Crippen LogP contribution is 2.27. The topological polar surface area (TPSA) is 21.3 Å². The summed E-state index contributed by atoms with van der Waals surface area (Å²) in [5.74, 6) is -0.447. The molecule has 1 aromatic rings. The molecule has 1 saturated carbocycles. The number of rotatable bonds is 4. The zero-order chi connectivity index (χ0) is 14.5. The molecule has 0 radical (unpaired) electrons. The lowest BCUT2D eigenvalue weighted by Gasteiger charge is -2.18. The molecule has 2 rings (SSSR count). The minimum Gasteiger partial charge on any atom is -0.432 e. The van der Waals surface area contributed by atoms with Crippen LogP contribution in [0.25, 0.3) is 0 Å². The second-order valence-corrected chi connectivity index (χ2v) is 5.48. The fraction of sp³-hybridized carbons (Fsp3) is 0.600. The highest BCUT2D eigenvalue weighted by Gasteiger charge is 2.17. The smallest absolute Gasteiger partial charge is 0.387 e. The number of nitrogens with one attached hydrogen (secondary N) is 1. The van der Waals surface area contributed by atoms with Crippen LogP contribution in [0.3, 0.4) is 0 Å². The van der Waals surface area contributed by atoms with Gasteiger partial charge in [0, 0.05) is 17.8 Å². The molecule has 0 heterocycles. The Labute approximate surface area is 117 Å². The average Bonchev–Trinajstić information content (AvgIpc) is 2.58. The maximum absolute atomic E-state index is 13.6. The van der Waals surface area contributed by atoms with Crippen molar-refractivity contribution in [3.05, 3.63) is 24.0 Å². The molecule has 0 amide bonds. The van der Waals surface area contributed by atoms with E-state index in [0.29, 0.717) is 11.7 Å². The van der Waals surface area contributed by atoms with Crippen LogP contribution in [0.1, 0.15) is 39.0 Å². The van der Waals surface area contributed by atoms with E-state index < -0.39 is 18.2 Å². The number of anilines is 1. The number of halogens is 3. The van der Waals surface area contributed by atoms with E-state index in [-0.39, 0.29) is 0 Å². The Kier molecular flexibility index (Phi) is 5.15. The highest BCUT2D eigenvalue weighted by atomic mass is 19.3. The van der Waals surface area contributed by atoms with E-state index in [1.54, 1.807) is 6.07 Å². The van der Waals surface area contributed by atoms with Gasteiger partial charge < -0.3 is 10.1 Å². The van der Waals surface area contributed by atoms with Gasteiger partial charge in [0.1, 0.15) is 0 Å². The predicted molar refractivity (Wildman–Crippen MR) is 72.7 cm³/mol. The van der Waals surface area contributed by atoms with Gasteiger partial charge in [-0.25, -0.2) is 4.39 Å². The summed E-state index contributed by atoms with van der Waals surface area (Å²) in [5, 5.41) is 3.28. The Hall–Kier alpha value is -1.39. The maximum Gasteiger partial charge on any atom is 0.387 e. The van der Waals surface area contributed by atoms with Crippen LogP contribution in [-0.4, -0.2) is 12.7 Å². The Morgan fingerprint density at radius 3 is 2.70 bits per heavy atom. The van der Waals surface area contributed by atoms with Gasteiger partial charge in [0.05, 0.1) is 0 Å². The van der Waals surface area contributed by atoms with Gasteiger partial charge in [-0.15, -0.1) is 0 Å². The number of hydrogen-bond acceptors (Lipinski definition) is 2. The molecule has 5 heteroatoms.